The van der Waals surface area contributed by atoms with Crippen molar-refractivity contribution in [1.82, 2.24) is 0 Å². The van der Waals surface area contributed by atoms with Crippen molar-refractivity contribution in [3.05, 3.63) is 53.6 Å². The third-order valence-electron chi connectivity index (χ3n) is 2.60. The largest absolute Gasteiger partial charge is 0.399 e. The fourth-order valence-electron chi connectivity index (χ4n) is 1.81. The number of benzene rings is 2. The molecule has 0 bridgehead atoms. The summed E-state index contributed by atoms with van der Waals surface area (Å²) >= 11 is 0. The number of hydrogen-bond donors (Lipinski definition) is 2. The molecule has 0 fully saturated rings. The highest BCUT2D eigenvalue weighted by molar-refractivity contribution is 5.93. The number of carbonyl (C=O) groups is 1. The Hall–Kier alpha value is -2.29. The highest BCUT2D eigenvalue weighted by atomic mass is 16.1. The number of primary amides is 1. The average molecular weight is 226 g/mol. The normalized spacial score (nSPS) is 10.2. The lowest BCUT2D eigenvalue weighted by atomic mass is 10.0. The standard InChI is InChI=1S/C14H14N2O/c1-9-6-12(8-13(15)7-9)10-2-4-11(5-3-10)14(16)17/h2-8H,15H2,1H3,(H2,16,17). The molecule has 2 aromatic rings. The second-order valence-electron chi connectivity index (χ2n) is 4.07. The topological polar surface area (TPSA) is 69.1 Å². The van der Waals surface area contributed by atoms with Crippen molar-refractivity contribution in [2.45, 2.75) is 6.92 Å². The first kappa shape index (κ1) is 11.2. The second-order valence-corrected chi connectivity index (χ2v) is 4.07. The Balaban J connectivity index is 2.43. The van der Waals surface area contributed by atoms with Gasteiger partial charge in [-0.2, -0.15) is 0 Å². The molecule has 0 spiro atoms. The fraction of sp³-hybridized carbons (Fsp3) is 0.0714. The van der Waals surface area contributed by atoms with Crippen molar-refractivity contribution in [1.29, 1.82) is 0 Å². The van der Waals surface area contributed by atoms with Gasteiger partial charge in [0, 0.05) is 11.3 Å². The number of hydrogen-bond acceptors (Lipinski definition) is 2. The van der Waals surface area contributed by atoms with Crippen LogP contribution in [0.15, 0.2) is 42.5 Å². The summed E-state index contributed by atoms with van der Waals surface area (Å²) in [5.41, 5.74) is 15.4. The maximum absolute atomic E-state index is 11.0. The zero-order chi connectivity index (χ0) is 12.4. The predicted octanol–water partition coefficient (Wildman–Crippen LogP) is 2.34. The Morgan fingerprint density at radius 3 is 2.18 bits per heavy atom. The molecular formula is C14H14N2O. The molecule has 3 heteroatoms. The molecule has 0 aromatic heterocycles. The Kier molecular flexibility index (Phi) is 2.83. The van der Waals surface area contributed by atoms with E-state index in [0.717, 1.165) is 22.4 Å². The number of rotatable bonds is 2. The molecule has 2 rings (SSSR count). The number of anilines is 1. The van der Waals surface area contributed by atoms with Gasteiger partial charge in [-0.3, -0.25) is 4.79 Å². The number of amides is 1. The van der Waals surface area contributed by atoms with E-state index in [1.54, 1.807) is 12.1 Å². The maximum atomic E-state index is 11.0. The first-order valence-corrected chi connectivity index (χ1v) is 5.33. The van der Waals surface area contributed by atoms with Crippen LogP contribution in [-0.2, 0) is 0 Å². The lowest BCUT2D eigenvalue weighted by molar-refractivity contribution is 0.100. The molecule has 0 atom stereocenters. The molecule has 0 aliphatic carbocycles. The van der Waals surface area contributed by atoms with Gasteiger partial charge in [0.05, 0.1) is 0 Å². The fourth-order valence-corrected chi connectivity index (χ4v) is 1.81. The molecular weight excluding hydrogens is 212 g/mol. The van der Waals surface area contributed by atoms with Gasteiger partial charge in [-0.1, -0.05) is 18.2 Å². The van der Waals surface area contributed by atoms with Crippen molar-refractivity contribution >= 4 is 11.6 Å². The number of nitrogen functional groups attached to an aromatic ring is 1. The maximum Gasteiger partial charge on any atom is 0.248 e. The van der Waals surface area contributed by atoms with Crippen LogP contribution in [0, 0.1) is 6.92 Å². The molecule has 4 N–H and O–H groups in total. The molecule has 0 unspecified atom stereocenters. The highest BCUT2D eigenvalue weighted by Gasteiger charge is 2.02. The summed E-state index contributed by atoms with van der Waals surface area (Å²) in [5, 5.41) is 0. The van der Waals surface area contributed by atoms with Gasteiger partial charge in [0.15, 0.2) is 0 Å². The Morgan fingerprint density at radius 1 is 1.00 bits per heavy atom. The van der Waals surface area contributed by atoms with Crippen molar-refractivity contribution in [3.8, 4) is 11.1 Å². The van der Waals surface area contributed by atoms with Crippen LogP contribution in [0.4, 0.5) is 5.69 Å². The van der Waals surface area contributed by atoms with E-state index in [0.29, 0.717) is 5.56 Å². The molecule has 0 radical (unpaired) electrons. The van der Waals surface area contributed by atoms with Crippen molar-refractivity contribution in [2.24, 2.45) is 5.73 Å². The van der Waals surface area contributed by atoms with E-state index in [-0.39, 0.29) is 0 Å². The first-order valence-electron chi connectivity index (χ1n) is 5.33. The molecule has 1 amide bonds. The minimum atomic E-state index is -0.416. The summed E-state index contributed by atoms with van der Waals surface area (Å²) < 4.78 is 0. The van der Waals surface area contributed by atoms with Crippen LogP contribution in [0.2, 0.25) is 0 Å². The zero-order valence-electron chi connectivity index (χ0n) is 9.60. The Morgan fingerprint density at radius 2 is 1.65 bits per heavy atom. The summed E-state index contributed by atoms with van der Waals surface area (Å²) in [6.07, 6.45) is 0. The molecule has 0 aliphatic rings. The Bertz CT molecular complexity index is 539. The van der Waals surface area contributed by atoms with Gasteiger partial charge in [-0.05, 0) is 47.9 Å². The number of aryl methyl sites for hydroxylation is 1. The molecule has 0 aliphatic heterocycles. The third-order valence-corrected chi connectivity index (χ3v) is 2.60. The van der Waals surface area contributed by atoms with E-state index in [9.17, 15) is 4.79 Å². The lowest BCUT2D eigenvalue weighted by Crippen LogP contribution is -2.10. The van der Waals surface area contributed by atoms with Gasteiger partial charge in [-0.15, -0.1) is 0 Å². The van der Waals surface area contributed by atoms with E-state index < -0.39 is 5.91 Å². The van der Waals surface area contributed by atoms with Gasteiger partial charge < -0.3 is 11.5 Å². The van der Waals surface area contributed by atoms with E-state index in [4.69, 9.17) is 11.5 Å². The molecule has 0 saturated heterocycles. The van der Waals surface area contributed by atoms with Crippen LogP contribution in [-0.4, -0.2) is 5.91 Å². The molecule has 0 heterocycles. The van der Waals surface area contributed by atoms with E-state index >= 15 is 0 Å². The van der Waals surface area contributed by atoms with Gasteiger partial charge >= 0.3 is 0 Å². The van der Waals surface area contributed by atoms with Crippen LogP contribution in [0.5, 0.6) is 0 Å². The second kappa shape index (κ2) is 4.29. The minimum absolute atomic E-state index is 0.416. The lowest BCUT2D eigenvalue weighted by Gasteiger charge is -2.05. The minimum Gasteiger partial charge on any atom is -0.399 e. The Labute approximate surface area is 100 Å². The van der Waals surface area contributed by atoms with Gasteiger partial charge in [0.1, 0.15) is 0 Å². The van der Waals surface area contributed by atoms with Crippen LogP contribution in [0.3, 0.4) is 0 Å². The van der Waals surface area contributed by atoms with E-state index in [1.807, 2.05) is 31.2 Å². The predicted molar refractivity (Wildman–Crippen MR) is 69.5 cm³/mol. The number of nitrogens with two attached hydrogens (primary N) is 2. The third kappa shape index (κ3) is 2.45. The van der Waals surface area contributed by atoms with Crippen molar-refractivity contribution < 1.29 is 4.79 Å². The van der Waals surface area contributed by atoms with Gasteiger partial charge in [-0.25, -0.2) is 0 Å². The average Bonchev–Trinajstić information content (AvgIpc) is 2.28. The molecule has 17 heavy (non-hydrogen) atoms. The summed E-state index contributed by atoms with van der Waals surface area (Å²) in [4.78, 5) is 11.0. The number of carbonyl (C=O) groups excluding carboxylic acids is 1. The smallest absolute Gasteiger partial charge is 0.248 e. The summed E-state index contributed by atoms with van der Waals surface area (Å²) in [7, 11) is 0. The molecule has 3 nitrogen and oxygen atoms in total. The van der Waals surface area contributed by atoms with E-state index in [1.165, 1.54) is 0 Å². The molecule has 86 valence electrons. The first-order chi connectivity index (χ1) is 8.06. The van der Waals surface area contributed by atoms with Crippen molar-refractivity contribution in [2.75, 3.05) is 5.73 Å². The van der Waals surface area contributed by atoms with Crippen LogP contribution < -0.4 is 11.5 Å². The van der Waals surface area contributed by atoms with Gasteiger partial charge in [0.2, 0.25) is 5.91 Å². The van der Waals surface area contributed by atoms with Crippen LogP contribution in [0.1, 0.15) is 15.9 Å². The molecule has 2 aromatic carbocycles. The monoisotopic (exact) mass is 226 g/mol. The van der Waals surface area contributed by atoms with Crippen molar-refractivity contribution in [3.63, 3.8) is 0 Å². The molecule has 0 saturated carbocycles. The summed E-state index contributed by atoms with van der Waals surface area (Å²) in [5.74, 6) is -0.416. The van der Waals surface area contributed by atoms with Crippen LogP contribution >= 0.6 is 0 Å². The highest BCUT2D eigenvalue weighted by Crippen LogP contribution is 2.23. The quantitative estimate of drug-likeness (QED) is 0.772. The van der Waals surface area contributed by atoms with Crippen LogP contribution in [0.25, 0.3) is 11.1 Å². The van der Waals surface area contributed by atoms with Gasteiger partial charge in [0.25, 0.3) is 0 Å². The zero-order valence-corrected chi connectivity index (χ0v) is 9.60. The van der Waals surface area contributed by atoms with E-state index in [2.05, 4.69) is 6.07 Å². The summed E-state index contributed by atoms with van der Waals surface area (Å²) in [6, 6.07) is 13.1. The SMILES string of the molecule is Cc1cc(N)cc(-c2ccc(C(N)=O)cc2)c1. The summed E-state index contributed by atoms with van der Waals surface area (Å²) in [6.45, 7) is 2.00.